The lowest BCUT2D eigenvalue weighted by Gasteiger charge is -2.08. The number of hydrogen-bond donors (Lipinski definition) is 1. The Morgan fingerprint density at radius 1 is 1.24 bits per heavy atom. The van der Waals surface area contributed by atoms with Gasteiger partial charge in [0.25, 0.3) is 0 Å². The molecule has 0 saturated heterocycles. The van der Waals surface area contributed by atoms with Crippen molar-refractivity contribution in [3.8, 4) is 17.2 Å². The van der Waals surface area contributed by atoms with Gasteiger partial charge in [-0.05, 0) is 37.1 Å². The van der Waals surface area contributed by atoms with E-state index in [0.29, 0.717) is 24.0 Å². The summed E-state index contributed by atoms with van der Waals surface area (Å²) in [5, 5.41) is 3.31. The molecule has 0 aliphatic heterocycles. The van der Waals surface area contributed by atoms with E-state index in [2.05, 4.69) is 15.0 Å². The fraction of sp³-hybridized carbons (Fsp3) is 0.357. The smallest absolute Gasteiger partial charge is 0.444 e. The SMILES string of the molecule is FC(F)(F)Oc1ccc(-c2nc(CNC3CC3)co2)cc1. The van der Waals surface area contributed by atoms with Gasteiger partial charge in [0.05, 0.1) is 5.69 Å². The molecule has 0 bridgehead atoms. The first-order valence-corrected chi connectivity index (χ1v) is 6.53. The highest BCUT2D eigenvalue weighted by atomic mass is 19.4. The predicted molar refractivity (Wildman–Crippen MR) is 68.5 cm³/mol. The van der Waals surface area contributed by atoms with E-state index >= 15 is 0 Å². The van der Waals surface area contributed by atoms with Gasteiger partial charge >= 0.3 is 6.36 Å². The maximum atomic E-state index is 12.1. The number of ether oxygens (including phenoxy) is 1. The lowest BCUT2D eigenvalue weighted by molar-refractivity contribution is -0.274. The van der Waals surface area contributed by atoms with E-state index in [1.165, 1.54) is 37.1 Å². The Morgan fingerprint density at radius 2 is 1.95 bits per heavy atom. The fourth-order valence-electron chi connectivity index (χ4n) is 1.86. The number of halogens is 3. The monoisotopic (exact) mass is 298 g/mol. The van der Waals surface area contributed by atoms with Gasteiger partial charge in [-0.25, -0.2) is 4.98 Å². The maximum absolute atomic E-state index is 12.1. The van der Waals surface area contributed by atoms with Gasteiger partial charge in [-0.2, -0.15) is 0 Å². The third-order valence-electron chi connectivity index (χ3n) is 3.04. The summed E-state index contributed by atoms with van der Waals surface area (Å²) in [6.07, 6.45) is -0.770. The minimum Gasteiger partial charge on any atom is -0.444 e. The Balaban J connectivity index is 1.65. The first-order valence-electron chi connectivity index (χ1n) is 6.53. The molecule has 1 fully saturated rings. The second kappa shape index (κ2) is 5.40. The molecule has 0 spiro atoms. The molecule has 0 radical (unpaired) electrons. The third kappa shape index (κ3) is 3.98. The summed E-state index contributed by atoms with van der Waals surface area (Å²) < 4.78 is 45.3. The molecule has 0 atom stereocenters. The molecule has 1 N–H and O–H groups in total. The standard InChI is InChI=1S/C14H13F3N2O2/c15-14(16,17)21-12-5-1-9(2-6-12)13-19-11(8-20-13)7-18-10-3-4-10/h1-2,5-6,8,10,18H,3-4,7H2. The van der Waals surface area contributed by atoms with Crippen molar-refractivity contribution in [2.24, 2.45) is 0 Å². The molecule has 2 aromatic rings. The molecule has 3 rings (SSSR count). The van der Waals surface area contributed by atoms with Crippen LogP contribution in [0.25, 0.3) is 11.5 Å². The van der Waals surface area contributed by atoms with Crippen LogP contribution >= 0.6 is 0 Å². The molecule has 1 saturated carbocycles. The molecule has 1 aliphatic rings. The summed E-state index contributed by atoms with van der Waals surface area (Å²) in [6.45, 7) is 0.628. The highest BCUT2D eigenvalue weighted by Gasteiger charge is 2.31. The van der Waals surface area contributed by atoms with Crippen molar-refractivity contribution < 1.29 is 22.3 Å². The van der Waals surface area contributed by atoms with E-state index < -0.39 is 6.36 Å². The van der Waals surface area contributed by atoms with Gasteiger partial charge in [-0.1, -0.05) is 0 Å². The minimum absolute atomic E-state index is 0.270. The van der Waals surface area contributed by atoms with E-state index in [1.54, 1.807) is 6.26 Å². The molecule has 4 nitrogen and oxygen atoms in total. The maximum Gasteiger partial charge on any atom is 0.573 e. The quantitative estimate of drug-likeness (QED) is 0.918. The highest BCUT2D eigenvalue weighted by Crippen LogP contribution is 2.26. The van der Waals surface area contributed by atoms with Crippen molar-refractivity contribution in [1.29, 1.82) is 0 Å². The number of aromatic nitrogens is 1. The van der Waals surface area contributed by atoms with Crippen molar-refractivity contribution in [3.05, 3.63) is 36.2 Å². The zero-order valence-corrected chi connectivity index (χ0v) is 11.0. The van der Waals surface area contributed by atoms with Crippen LogP contribution in [-0.4, -0.2) is 17.4 Å². The Bertz CT molecular complexity index is 603. The second-order valence-corrected chi connectivity index (χ2v) is 4.87. The number of rotatable bonds is 5. The summed E-state index contributed by atoms with van der Waals surface area (Å²) in [6, 6.07) is 5.99. The summed E-state index contributed by atoms with van der Waals surface area (Å²) >= 11 is 0. The minimum atomic E-state index is -4.69. The van der Waals surface area contributed by atoms with Crippen molar-refractivity contribution in [3.63, 3.8) is 0 Å². The Labute approximate surface area is 118 Å². The van der Waals surface area contributed by atoms with Crippen LogP contribution in [0.1, 0.15) is 18.5 Å². The van der Waals surface area contributed by atoms with Crippen LogP contribution in [0.4, 0.5) is 13.2 Å². The van der Waals surface area contributed by atoms with Crippen molar-refractivity contribution in [2.75, 3.05) is 0 Å². The molecule has 1 aromatic carbocycles. The molecule has 1 aliphatic carbocycles. The van der Waals surface area contributed by atoms with E-state index in [0.717, 1.165) is 5.69 Å². The summed E-state index contributed by atoms with van der Waals surface area (Å²) in [5.41, 5.74) is 1.37. The van der Waals surface area contributed by atoms with Gasteiger partial charge in [0, 0.05) is 18.2 Å². The van der Waals surface area contributed by atoms with E-state index in [1.807, 2.05) is 0 Å². The molecule has 112 valence electrons. The van der Waals surface area contributed by atoms with Crippen molar-refractivity contribution in [2.45, 2.75) is 31.8 Å². The molecule has 21 heavy (non-hydrogen) atoms. The Kier molecular flexibility index (Phi) is 3.59. The molecular formula is C14H13F3N2O2. The highest BCUT2D eigenvalue weighted by molar-refractivity contribution is 5.54. The fourth-order valence-corrected chi connectivity index (χ4v) is 1.86. The van der Waals surface area contributed by atoms with Crippen LogP contribution in [0, 0.1) is 0 Å². The first-order chi connectivity index (χ1) is 9.99. The van der Waals surface area contributed by atoms with Gasteiger partial charge in [-0.3, -0.25) is 0 Å². The second-order valence-electron chi connectivity index (χ2n) is 4.87. The van der Waals surface area contributed by atoms with E-state index in [9.17, 15) is 13.2 Å². The summed E-state index contributed by atoms with van der Waals surface area (Å²) in [7, 11) is 0. The molecule has 1 aromatic heterocycles. The molecule has 7 heteroatoms. The largest absolute Gasteiger partial charge is 0.573 e. The van der Waals surface area contributed by atoms with E-state index in [4.69, 9.17) is 4.42 Å². The average Bonchev–Trinajstić information content (AvgIpc) is 3.13. The molecule has 0 unspecified atom stereocenters. The lowest BCUT2D eigenvalue weighted by Crippen LogP contribution is -2.16. The first kappa shape index (κ1) is 13.9. The third-order valence-corrected chi connectivity index (χ3v) is 3.04. The Hall–Kier alpha value is -2.02. The topological polar surface area (TPSA) is 47.3 Å². The van der Waals surface area contributed by atoms with Gasteiger partial charge in [-0.15, -0.1) is 13.2 Å². The van der Waals surface area contributed by atoms with Crippen molar-refractivity contribution in [1.82, 2.24) is 10.3 Å². The lowest BCUT2D eigenvalue weighted by atomic mass is 10.2. The van der Waals surface area contributed by atoms with Gasteiger partial charge < -0.3 is 14.5 Å². The zero-order chi connectivity index (χ0) is 14.9. The number of alkyl halides is 3. The predicted octanol–water partition coefficient (Wildman–Crippen LogP) is 3.49. The van der Waals surface area contributed by atoms with Crippen LogP contribution in [0.15, 0.2) is 34.9 Å². The number of hydrogen-bond acceptors (Lipinski definition) is 4. The number of nitrogens with zero attached hydrogens (tertiary/aromatic N) is 1. The normalized spacial score (nSPS) is 15.2. The summed E-state index contributed by atoms with van der Waals surface area (Å²) in [5.74, 6) is 0.106. The number of nitrogens with one attached hydrogen (secondary N) is 1. The van der Waals surface area contributed by atoms with Crippen LogP contribution in [0.5, 0.6) is 5.75 Å². The van der Waals surface area contributed by atoms with Gasteiger partial charge in [0.15, 0.2) is 0 Å². The molecular weight excluding hydrogens is 285 g/mol. The molecule has 0 amide bonds. The summed E-state index contributed by atoms with van der Waals surface area (Å²) in [4.78, 5) is 4.29. The van der Waals surface area contributed by atoms with E-state index in [-0.39, 0.29) is 5.75 Å². The average molecular weight is 298 g/mol. The van der Waals surface area contributed by atoms with Crippen LogP contribution in [0.3, 0.4) is 0 Å². The number of oxazole rings is 1. The molecule has 1 heterocycles. The van der Waals surface area contributed by atoms with Gasteiger partial charge in [0.1, 0.15) is 12.0 Å². The van der Waals surface area contributed by atoms with Crippen LogP contribution in [0.2, 0.25) is 0 Å². The van der Waals surface area contributed by atoms with Gasteiger partial charge in [0.2, 0.25) is 5.89 Å². The number of benzene rings is 1. The van der Waals surface area contributed by atoms with Crippen LogP contribution in [-0.2, 0) is 6.54 Å². The zero-order valence-electron chi connectivity index (χ0n) is 11.0. The Morgan fingerprint density at radius 3 is 2.57 bits per heavy atom. The van der Waals surface area contributed by atoms with Crippen molar-refractivity contribution >= 4 is 0 Å². The van der Waals surface area contributed by atoms with Crippen LogP contribution < -0.4 is 10.1 Å².